The third-order valence-electron chi connectivity index (χ3n) is 2.42. The van der Waals surface area contributed by atoms with Crippen LogP contribution < -0.4 is 0 Å². The fraction of sp³-hybridized carbons (Fsp3) is 0.167. The number of carbonyl (C=O) groups is 1. The number of halogens is 3. The monoisotopic (exact) mass is 239 g/mol. The van der Waals surface area contributed by atoms with E-state index in [-0.39, 0.29) is 11.3 Å². The van der Waals surface area contributed by atoms with Crippen molar-refractivity contribution in [1.29, 1.82) is 0 Å². The molecule has 2 aromatic rings. The highest BCUT2D eigenvalue weighted by atomic mass is 19.4. The molecule has 1 heterocycles. The normalized spacial score (nSPS) is 11.8. The molecule has 0 aliphatic heterocycles. The summed E-state index contributed by atoms with van der Waals surface area (Å²) in [5.74, 6) is -0.167. The molecule has 0 saturated heterocycles. The molecule has 1 aromatic carbocycles. The van der Waals surface area contributed by atoms with Crippen LogP contribution in [-0.2, 0) is 6.18 Å². The zero-order valence-electron chi connectivity index (χ0n) is 8.88. The molecule has 0 atom stereocenters. The van der Waals surface area contributed by atoms with Gasteiger partial charge >= 0.3 is 6.18 Å². The summed E-state index contributed by atoms with van der Waals surface area (Å²) >= 11 is 0. The van der Waals surface area contributed by atoms with Crippen molar-refractivity contribution in [3.05, 3.63) is 41.6 Å². The second-order valence-corrected chi connectivity index (χ2v) is 3.69. The first-order chi connectivity index (χ1) is 7.88. The van der Waals surface area contributed by atoms with Crippen molar-refractivity contribution < 1.29 is 18.0 Å². The number of hydrogen-bond donors (Lipinski definition) is 0. The summed E-state index contributed by atoms with van der Waals surface area (Å²) in [5.41, 5.74) is -0.129. The number of nitrogens with zero attached hydrogens (tertiary/aromatic N) is 1. The highest BCUT2D eigenvalue weighted by Crippen LogP contribution is 2.30. The van der Waals surface area contributed by atoms with E-state index in [4.69, 9.17) is 0 Å². The summed E-state index contributed by atoms with van der Waals surface area (Å²) in [6.45, 7) is 1.38. The number of alkyl halides is 3. The van der Waals surface area contributed by atoms with Crippen LogP contribution >= 0.6 is 0 Å². The van der Waals surface area contributed by atoms with Crippen LogP contribution in [0, 0.1) is 0 Å². The van der Waals surface area contributed by atoms with Gasteiger partial charge in [0.25, 0.3) is 0 Å². The smallest absolute Gasteiger partial charge is 0.294 e. The minimum absolute atomic E-state index is 0.167. The molecule has 0 bridgehead atoms. The maximum absolute atomic E-state index is 12.4. The van der Waals surface area contributed by atoms with E-state index in [1.807, 2.05) is 0 Å². The minimum Gasteiger partial charge on any atom is -0.294 e. The second kappa shape index (κ2) is 3.84. The molecular formula is C12H8F3NO. The number of fused-ring (bicyclic) bond motifs is 1. The first kappa shape index (κ1) is 11.6. The predicted molar refractivity (Wildman–Crippen MR) is 56.7 cm³/mol. The summed E-state index contributed by atoms with van der Waals surface area (Å²) in [5, 5.41) is 0.519. The van der Waals surface area contributed by atoms with Crippen LogP contribution in [-0.4, -0.2) is 10.8 Å². The molecule has 2 nitrogen and oxygen atoms in total. The van der Waals surface area contributed by atoms with Gasteiger partial charge in [-0.25, -0.2) is 0 Å². The van der Waals surface area contributed by atoms with Gasteiger partial charge in [-0.15, -0.1) is 0 Å². The maximum atomic E-state index is 12.4. The van der Waals surface area contributed by atoms with E-state index in [2.05, 4.69) is 4.98 Å². The number of carbonyl (C=O) groups excluding carboxylic acids is 1. The predicted octanol–water partition coefficient (Wildman–Crippen LogP) is 3.46. The number of hydrogen-bond acceptors (Lipinski definition) is 2. The summed E-state index contributed by atoms with van der Waals surface area (Å²) in [4.78, 5) is 15.0. The average Bonchev–Trinajstić information content (AvgIpc) is 2.26. The number of ketones is 1. The van der Waals surface area contributed by atoms with Crippen molar-refractivity contribution in [2.24, 2.45) is 0 Å². The van der Waals surface area contributed by atoms with Crippen molar-refractivity contribution >= 4 is 16.7 Å². The third-order valence-corrected chi connectivity index (χ3v) is 2.42. The Hall–Kier alpha value is -1.91. The van der Waals surface area contributed by atoms with Crippen LogP contribution in [0.25, 0.3) is 10.9 Å². The van der Waals surface area contributed by atoms with Gasteiger partial charge in [0.05, 0.1) is 11.1 Å². The molecule has 0 radical (unpaired) electrons. The van der Waals surface area contributed by atoms with Gasteiger partial charge in [-0.2, -0.15) is 13.2 Å². The molecule has 0 aliphatic carbocycles. The summed E-state index contributed by atoms with van der Waals surface area (Å²) in [6, 6.07) is 4.80. The average molecular weight is 239 g/mol. The van der Waals surface area contributed by atoms with Crippen LogP contribution in [0.15, 0.2) is 30.5 Å². The first-order valence-electron chi connectivity index (χ1n) is 4.86. The number of Topliss-reactive ketones (excluding diaryl/α,β-unsaturated/α-hetero) is 1. The summed E-state index contributed by atoms with van der Waals surface area (Å²) in [6.07, 6.45) is -3.10. The van der Waals surface area contributed by atoms with Gasteiger partial charge in [0.15, 0.2) is 5.78 Å². The van der Waals surface area contributed by atoms with Gasteiger partial charge in [0.1, 0.15) is 0 Å². The molecule has 2 rings (SSSR count). The Kier molecular flexibility index (Phi) is 2.61. The Bertz CT molecular complexity index is 590. The molecule has 0 spiro atoms. The van der Waals surface area contributed by atoms with E-state index in [1.165, 1.54) is 25.3 Å². The number of benzene rings is 1. The topological polar surface area (TPSA) is 30.0 Å². The van der Waals surface area contributed by atoms with Crippen LogP contribution in [0.2, 0.25) is 0 Å². The fourth-order valence-corrected chi connectivity index (χ4v) is 1.49. The fourth-order valence-electron chi connectivity index (χ4n) is 1.49. The second-order valence-electron chi connectivity index (χ2n) is 3.69. The van der Waals surface area contributed by atoms with Crippen LogP contribution in [0.4, 0.5) is 13.2 Å². The number of aromatic nitrogens is 1. The summed E-state index contributed by atoms with van der Waals surface area (Å²) in [7, 11) is 0. The van der Waals surface area contributed by atoms with Gasteiger partial charge in [0.2, 0.25) is 0 Å². The SMILES string of the molecule is CC(=O)c1cnc2cc(C(F)(F)F)ccc2c1. The van der Waals surface area contributed by atoms with E-state index in [9.17, 15) is 18.0 Å². The van der Waals surface area contributed by atoms with E-state index < -0.39 is 11.7 Å². The van der Waals surface area contributed by atoms with Gasteiger partial charge < -0.3 is 0 Å². The maximum Gasteiger partial charge on any atom is 0.416 e. The van der Waals surface area contributed by atoms with Gasteiger partial charge in [-0.3, -0.25) is 9.78 Å². The molecule has 0 fully saturated rings. The van der Waals surface area contributed by atoms with E-state index in [1.54, 1.807) is 0 Å². The van der Waals surface area contributed by atoms with Crippen LogP contribution in [0.3, 0.4) is 0 Å². The van der Waals surface area contributed by atoms with Crippen molar-refractivity contribution in [1.82, 2.24) is 4.98 Å². The molecular weight excluding hydrogens is 231 g/mol. The molecule has 0 aliphatic rings. The minimum atomic E-state index is -4.38. The molecule has 17 heavy (non-hydrogen) atoms. The zero-order chi connectivity index (χ0) is 12.6. The van der Waals surface area contributed by atoms with E-state index in [0.717, 1.165) is 12.1 Å². The standard InChI is InChI=1S/C12H8F3NO/c1-7(17)9-4-8-2-3-10(12(13,14)15)5-11(8)16-6-9/h2-6H,1H3. The Morgan fingerprint density at radius 3 is 2.53 bits per heavy atom. The lowest BCUT2D eigenvalue weighted by Crippen LogP contribution is -2.04. The van der Waals surface area contributed by atoms with Gasteiger partial charge in [-0.05, 0) is 25.1 Å². The molecule has 0 saturated carbocycles. The molecule has 1 aromatic heterocycles. The molecule has 0 amide bonds. The van der Waals surface area contributed by atoms with Crippen molar-refractivity contribution in [3.63, 3.8) is 0 Å². The Balaban J connectivity index is 2.58. The molecule has 0 unspecified atom stereocenters. The summed E-state index contributed by atoms with van der Waals surface area (Å²) < 4.78 is 37.3. The van der Waals surface area contributed by atoms with E-state index >= 15 is 0 Å². The lowest BCUT2D eigenvalue weighted by atomic mass is 10.1. The first-order valence-corrected chi connectivity index (χ1v) is 4.86. The quantitative estimate of drug-likeness (QED) is 0.713. The van der Waals surface area contributed by atoms with Gasteiger partial charge in [-0.1, -0.05) is 6.07 Å². The molecule has 5 heteroatoms. The lowest BCUT2D eigenvalue weighted by molar-refractivity contribution is -0.137. The third kappa shape index (κ3) is 2.27. The molecule has 88 valence electrons. The lowest BCUT2D eigenvalue weighted by Gasteiger charge is -2.07. The number of pyridine rings is 1. The van der Waals surface area contributed by atoms with Crippen molar-refractivity contribution in [3.8, 4) is 0 Å². The highest BCUT2D eigenvalue weighted by molar-refractivity contribution is 5.97. The van der Waals surface area contributed by atoms with Crippen LogP contribution in [0.1, 0.15) is 22.8 Å². The number of rotatable bonds is 1. The van der Waals surface area contributed by atoms with E-state index in [0.29, 0.717) is 10.9 Å². The Labute approximate surface area is 95.1 Å². The van der Waals surface area contributed by atoms with Crippen LogP contribution in [0.5, 0.6) is 0 Å². The van der Waals surface area contributed by atoms with Gasteiger partial charge in [0, 0.05) is 17.1 Å². The molecule has 0 N–H and O–H groups in total. The highest BCUT2D eigenvalue weighted by Gasteiger charge is 2.30. The van der Waals surface area contributed by atoms with Crippen molar-refractivity contribution in [2.45, 2.75) is 13.1 Å². The largest absolute Gasteiger partial charge is 0.416 e. The zero-order valence-corrected chi connectivity index (χ0v) is 8.88. The Morgan fingerprint density at radius 2 is 1.94 bits per heavy atom. The Morgan fingerprint density at radius 1 is 1.24 bits per heavy atom. The van der Waals surface area contributed by atoms with Crippen molar-refractivity contribution in [2.75, 3.05) is 0 Å².